The second-order valence-electron chi connectivity index (χ2n) is 7.03. The van der Waals surface area contributed by atoms with Crippen LogP contribution in [0, 0.1) is 0 Å². The summed E-state index contributed by atoms with van der Waals surface area (Å²) in [7, 11) is 0. The van der Waals surface area contributed by atoms with Gasteiger partial charge in [0.2, 0.25) is 0 Å². The van der Waals surface area contributed by atoms with Gasteiger partial charge in [-0.15, -0.1) is 5.10 Å². The number of rotatable bonds is 4. The van der Waals surface area contributed by atoms with E-state index in [4.69, 9.17) is 16.3 Å². The standard InChI is InChI=1S/C20H23ClN4O2/c1-14(27-18-8-3-2-6-16(18)21)20(26)25-11-9-24(10-12-25)19-13-15-5-4-7-17(15)22-23-19/h2-3,6,8,13-14H,4-5,7,9-12H2,1H3. The van der Waals surface area contributed by atoms with Crippen LogP contribution in [0.3, 0.4) is 0 Å². The number of hydrogen-bond donors (Lipinski definition) is 0. The quantitative estimate of drug-likeness (QED) is 0.808. The summed E-state index contributed by atoms with van der Waals surface area (Å²) in [5, 5.41) is 9.26. The molecule has 7 heteroatoms. The minimum Gasteiger partial charge on any atom is -0.479 e. The van der Waals surface area contributed by atoms with Crippen LogP contribution in [0.1, 0.15) is 24.6 Å². The molecule has 1 unspecified atom stereocenters. The van der Waals surface area contributed by atoms with Crippen LogP contribution in [-0.4, -0.2) is 53.3 Å². The zero-order chi connectivity index (χ0) is 18.8. The highest BCUT2D eigenvalue weighted by atomic mass is 35.5. The van der Waals surface area contributed by atoms with Gasteiger partial charge in [-0.05, 0) is 49.9 Å². The first kappa shape index (κ1) is 18.0. The number of aryl methyl sites for hydroxylation is 2. The lowest BCUT2D eigenvalue weighted by molar-refractivity contribution is -0.138. The molecule has 2 heterocycles. The van der Waals surface area contributed by atoms with Gasteiger partial charge in [0.15, 0.2) is 11.9 Å². The molecule has 0 radical (unpaired) electrons. The van der Waals surface area contributed by atoms with Gasteiger partial charge in [-0.3, -0.25) is 4.79 Å². The van der Waals surface area contributed by atoms with Gasteiger partial charge in [0.1, 0.15) is 5.75 Å². The lowest BCUT2D eigenvalue weighted by Gasteiger charge is -2.36. The number of nitrogens with zero attached hydrogens (tertiary/aromatic N) is 4. The number of para-hydroxylation sites is 1. The molecule has 142 valence electrons. The van der Waals surface area contributed by atoms with Crippen molar-refractivity contribution in [3.63, 3.8) is 0 Å². The Hall–Kier alpha value is -2.34. The SMILES string of the molecule is CC(Oc1ccccc1Cl)C(=O)N1CCN(c2cc3c(nn2)CCC3)CC1. The zero-order valence-corrected chi connectivity index (χ0v) is 16.2. The van der Waals surface area contributed by atoms with Gasteiger partial charge in [-0.2, -0.15) is 5.10 Å². The van der Waals surface area contributed by atoms with E-state index < -0.39 is 6.10 Å². The summed E-state index contributed by atoms with van der Waals surface area (Å²) in [5.41, 5.74) is 2.46. The number of hydrogen-bond acceptors (Lipinski definition) is 5. The number of aromatic nitrogens is 2. The molecule has 0 saturated carbocycles. The van der Waals surface area contributed by atoms with Crippen molar-refractivity contribution in [1.29, 1.82) is 0 Å². The molecule has 1 fully saturated rings. The van der Waals surface area contributed by atoms with Gasteiger partial charge in [-0.1, -0.05) is 23.7 Å². The highest BCUT2D eigenvalue weighted by Gasteiger charge is 2.27. The normalized spacial score (nSPS) is 17.6. The molecule has 1 aliphatic heterocycles. The first-order valence-electron chi connectivity index (χ1n) is 9.42. The number of piperazine rings is 1. The Kier molecular flexibility index (Phi) is 5.16. The van der Waals surface area contributed by atoms with Crippen LogP contribution >= 0.6 is 11.6 Å². The Balaban J connectivity index is 1.34. The van der Waals surface area contributed by atoms with E-state index in [0.29, 0.717) is 23.9 Å². The first-order valence-corrected chi connectivity index (χ1v) is 9.80. The predicted molar refractivity (Wildman–Crippen MR) is 104 cm³/mol. The van der Waals surface area contributed by atoms with E-state index in [0.717, 1.165) is 37.4 Å². The van der Waals surface area contributed by atoms with E-state index in [1.807, 2.05) is 17.0 Å². The fourth-order valence-corrected chi connectivity index (χ4v) is 3.85. The number of benzene rings is 1. The summed E-state index contributed by atoms with van der Waals surface area (Å²) < 4.78 is 5.76. The lowest BCUT2D eigenvalue weighted by Crippen LogP contribution is -2.52. The number of carbonyl (C=O) groups excluding carboxylic acids is 1. The lowest BCUT2D eigenvalue weighted by atomic mass is 10.2. The molecular weight excluding hydrogens is 364 g/mol. The summed E-state index contributed by atoms with van der Waals surface area (Å²) in [6.07, 6.45) is 2.72. The Morgan fingerprint density at radius 3 is 2.70 bits per heavy atom. The van der Waals surface area contributed by atoms with Crippen molar-refractivity contribution < 1.29 is 9.53 Å². The summed E-state index contributed by atoms with van der Waals surface area (Å²) in [6, 6.07) is 9.37. The van der Waals surface area contributed by atoms with E-state index in [2.05, 4.69) is 21.2 Å². The van der Waals surface area contributed by atoms with Gasteiger partial charge < -0.3 is 14.5 Å². The first-order chi connectivity index (χ1) is 13.1. The minimum atomic E-state index is -0.573. The van der Waals surface area contributed by atoms with Gasteiger partial charge >= 0.3 is 0 Å². The van der Waals surface area contributed by atoms with Crippen molar-refractivity contribution in [2.75, 3.05) is 31.1 Å². The Morgan fingerprint density at radius 1 is 1.15 bits per heavy atom. The van der Waals surface area contributed by atoms with E-state index in [9.17, 15) is 4.79 Å². The van der Waals surface area contributed by atoms with Gasteiger partial charge in [0.05, 0.1) is 10.7 Å². The predicted octanol–water partition coefficient (Wildman–Crippen LogP) is 2.73. The summed E-state index contributed by atoms with van der Waals surface area (Å²) in [6.45, 7) is 4.56. The second-order valence-corrected chi connectivity index (χ2v) is 7.44. The molecule has 0 spiro atoms. The fourth-order valence-electron chi connectivity index (χ4n) is 3.67. The highest BCUT2D eigenvalue weighted by Crippen LogP contribution is 2.25. The van der Waals surface area contributed by atoms with Crippen LogP contribution in [-0.2, 0) is 17.6 Å². The maximum atomic E-state index is 12.7. The Labute approximate surface area is 164 Å². The molecule has 27 heavy (non-hydrogen) atoms. The Morgan fingerprint density at radius 2 is 1.93 bits per heavy atom. The molecule has 0 N–H and O–H groups in total. The van der Waals surface area contributed by atoms with Crippen LogP contribution in [0.15, 0.2) is 30.3 Å². The average molecular weight is 387 g/mol. The van der Waals surface area contributed by atoms with Crippen molar-refractivity contribution in [3.8, 4) is 5.75 Å². The van der Waals surface area contributed by atoms with Crippen molar-refractivity contribution in [3.05, 3.63) is 46.6 Å². The van der Waals surface area contributed by atoms with Crippen LogP contribution in [0.25, 0.3) is 0 Å². The molecule has 1 saturated heterocycles. The molecular formula is C20H23ClN4O2. The number of halogens is 1. The third-order valence-electron chi connectivity index (χ3n) is 5.21. The maximum absolute atomic E-state index is 12.7. The van der Waals surface area contributed by atoms with Crippen LogP contribution in [0.2, 0.25) is 5.02 Å². The number of carbonyl (C=O) groups is 1. The topological polar surface area (TPSA) is 58.6 Å². The van der Waals surface area contributed by atoms with Crippen molar-refractivity contribution in [1.82, 2.24) is 15.1 Å². The molecule has 1 aliphatic carbocycles. The molecule has 6 nitrogen and oxygen atoms in total. The molecule has 2 aromatic rings. The zero-order valence-electron chi connectivity index (χ0n) is 15.4. The average Bonchev–Trinajstić information content (AvgIpc) is 3.17. The third-order valence-corrected chi connectivity index (χ3v) is 5.52. The number of amides is 1. The number of ether oxygens (including phenoxy) is 1. The van der Waals surface area contributed by atoms with Crippen LogP contribution < -0.4 is 9.64 Å². The summed E-state index contributed by atoms with van der Waals surface area (Å²) in [5.74, 6) is 1.43. The number of fused-ring (bicyclic) bond motifs is 1. The summed E-state index contributed by atoms with van der Waals surface area (Å²) >= 11 is 6.12. The van der Waals surface area contributed by atoms with Gasteiger partial charge in [-0.25, -0.2) is 0 Å². The Bertz CT molecular complexity index is 836. The molecule has 1 aromatic carbocycles. The van der Waals surface area contributed by atoms with Crippen molar-refractivity contribution in [2.45, 2.75) is 32.3 Å². The smallest absolute Gasteiger partial charge is 0.263 e. The third kappa shape index (κ3) is 3.86. The second kappa shape index (κ2) is 7.72. The van der Waals surface area contributed by atoms with Crippen molar-refractivity contribution in [2.24, 2.45) is 0 Å². The largest absolute Gasteiger partial charge is 0.479 e. The molecule has 2 aliphatic rings. The molecule has 1 aromatic heterocycles. The van der Waals surface area contributed by atoms with Gasteiger partial charge in [0, 0.05) is 26.2 Å². The summed E-state index contributed by atoms with van der Waals surface area (Å²) in [4.78, 5) is 16.8. The van der Waals surface area contributed by atoms with Crippen LogP contribution in [0.5, 0.6) is 5.75 Å². The van der Waals surface area contributed by atoms with Crippen LogP contribution in [0.4, 0.5) is 5.82 Å². The van der Waals surface area contributed by atoms with E-state index in [1.54, 1.807) is 19.1 Å². The van der Waals surface area contributed by atoms with E-state index in [-0.39, 0.29) is 5.91 Å². The molecule has 1 amide bonds. The molecule has 1 atom stereocenters. The monoisotopic (exact) mass is 386 g/mol. The fraction of sp³-hybridized carbons (Fsp3) is 0.450. The van der Waals surface area contributed by atoms with Gasteiger partial charge in [0.25, 0.3) is 5.91 Å². The maximum Gasteiger partial charge on any atom is 0.263 e. The molecule has 4 rings (SSSR count). The minimum absolute atomic E-state index is 0.0189. The number of anilines is 1. The highest BCUT2D eigenvalue weighted by molar-refractivity contribution is 6.32. The molecule has 0 bridgehead atoms. The van der Waals surface area contributed by atoms with E-state index >= 15 is 0 Å². The van der Waals surface area contributed by atoms with E-state index in [1.165, 1.54) is 12.0 Å². The van der Waals surface area contributed by atoms with Crippen molar-refractivity contribution >= 4 is 23.3 Å².